The molecule has 2 atom stereocenters. The number of hydrogen-bond donors (Lipinski definition) is 1. The number of aromatic nitrogens is 3. The Morgan fingerprint density at radius 1 is 1.20 bits per heavy atom. The van der Waals surface area contributed by atoms with Crippen LogP contribution >= 0.6 is 11.6 Å². The molecule has 14 heteroatoms. The first-order valence-electron chi connectivity index (χ1n) is 11.1. The molecule has 2 heterocycles. The molecule has 192 valence electrons. The highest BCUT2D eigenvalue weighted by molar-refractivity contribution is 7.89. The number of amides is 1. The van der Waals surface area contributed by atoms with Crippen molar-refractivity contribution in [2.75, 3.05) is 26.2 Å². The Labute approximate surface area is 206 Å². The number of piperazine rings is 1. The largest absolute Gasteiger partial charge is 0.348 e. The van der Waals surface area contributed by atoms with Crippen molar-refractivity contribution in [1.29, 1.82) is 0 Å². The van der Waals surface area contributed by atoms with Crippen molar-refractivity contribution in [3.8, 4) is 0 Å². The van der Waals surface area contributed by atoms with Crippen molar-refractivity contribution >= 4 is 27.5 Å². The number of benzene rings is 1. The Morgan fingerprint density at radius 2 is 1.89 bits per heavy atom. The second kappa shape index (κ2) is 9.34. The van der Waals surface area contributed by atoms with E-state index in [0.29, 0.717) is 0 Å². The van der Waals surface area contributed by atoms with Gasteiger partial charge in [-0.2, -0.15) is 4.31 Å². The van der Waals surface area contributed by atoms with Crippen molar-refractivity contribution in [2.45, 2.75) is 48.7 Å². The van der Waals surface area contributed by atoms with Gasteiger partial charge in [0.25, 0.3) is 15.9 Å². The van der Waals surface area contributed by atoms with Crippen LogP contribution in [0.25, 0.3) is 0 Å². The van der Waals surface area contributed by atoms with E-state index in [1.165, 1.54) is 21.3 Å². The fraction of sp³-hybridized carbons (Fsp3) is 0.571. The first kappa shape index (κ1) is 25.9. The molecule has 2 aromatic rings. The maximum absolute atomic E-state index is 14.5. The molecule has 9 nitrogen and oxygen atoms in total. The predicted octanol–water partition coefficient (Wildman–Crippen LogP) is 2.29. The van der Waals surface area contributed by atoms with Crippen molar-refractivity contribution in [1.82, 2.24) is 29.5 Å². The molecule has 0 bridgehead atoms. The van der Waals surface area contributed by atoms with Gasteiger partial charge in [-0.3, -0.25) is 14.4 Å². The van der Waals surface area contributed by atoms with E-state index in [-0.39, 0.29) is 54.6 Å². The van der Waals surface area contributed by atoms with E-state index in [2.05, 4.69) is 15.6 Å². The average molecular weight is 535 g/mol. The lowest BCUT2D eigenvalue weighted by molar-refractivity contribution is -0.0310. The molecule has 4 rings (SSSR count). The first-order valence-corrected chi connectivity index (χ1v) is 12.9. The normalized spacial score (nSPS) is 24.4. The summed E-state index contributed by atoms with van der Waals surface area (Å²) in [6.07, 6.45) is 0.604. The summed E-state index contributed by atoms with van der Waals surface area (Å²) in [5, 5.41) is 9.87. The number of hydrogen-bond acceptors (Lipinski definition) is 6. The Hall–Kier alpha value is -2.22. The highest BCUT2D eigenvalue weighted by Gasteiger charge is 2.56. The number of rotatable bonds is 6. The molecule has 1 aromatic carbocycles. The van der Waals surface area contributed by atoms with Gasteiger partial charge < -0.3 is 5.32 Å². The van der Waals surface area contributed by atoms with Crippen LogP contribution in [0.15, 0.2) is 29.4 Å². The quantitative estimate of drug-likeness (QED) is 0.610. The molecule has 2 unspecified atom stereocenters. The zero-order valence-corrected chi connectivity index (χ0v) is 20.8. The van der Waals surface area contributed by atoms with Gasteiger partial charge in [-0.15, -0.1) is 5.10 Å². The third kappa shape index (κ3) is 5.04. The lowest BCUT2D eigenvalue weighted by atomic mass is 9.86. The SMILES string of the molecule is CC(NC(=O)c1ccc(F)cc1Cl)C1(N2CCN(S(=O)(=O)c3cn(C)nn3)CC2)CCC(F)(F)C1. The first-order chi connectivity index (χ1) is 16.3. The van der Waals surface area contributed by atoms with Crippen LogP contribution in [0.2, 0.25) is 5.02 Å². The maximum atomic E-state index is 14.5. The monoisotopic (exact) mass is 534 g/mol. The number of alkyl halides is 2. The van der Waals surface area contributed by atoms with Gasteiger partial charge in [0, 0.05) is 57.6 Å². The third-order valence-electron chi connectivity index (χ3n) is 6.87. The highest BCUT2D eigenvalue weighted by Crippen LogP contribution is 2.47. The summed E-state index contributed by atoms with van der Waals surface area (Å²) in [5.41, 5.74) is -1.05. The van der Waals surface area contributed by atoms with Gasteiger partial charge in [-0.05, 0) is 31.5 Å². The Bertz CT molecular complexity index is 1220. The maximum Gasteiger partial charge on any atom is 0.264 e. The number of nitrogens with zero attached hydrogens (tertiary/aromatic N) is 5. The van der Waals surface area contributed by atoms with Crippen LogP contribution in [-0.4, -0.2) is 82.2 Å². The minimum absolute atomic E-state index is 0.0414. The second-order valence-corrected chi connectivity index (χ2v) is 11.4. The molecule has 1 amide bonds. The predicted molar refractivity (Wildman–Crippen MR) is 121 cm³/mol. The standard InChI is InChI=1S/C21H26ClF3N6O3S/c1-14(26-19(32)16-4-3-15(23)11-17(16)22)20(5-6-21(24,25)13-20)30-7-9-31(10-8-30)35(33,34)18-12-29(2)28-27-18/h3-4,11-12,14H,5-10,13H2,1-2H3,(H,26,32). The van der Waals surface area contributed by atoms with E-state index in [4.69, 9.17) is 11.6 Å². The van der Waals surface area contributed by atoms with Crippen LogP contribution in [-0.2, 0) is 17.1 Å². The van der Waals surface area contributed by atoms with E-state index in [9.17, 15) is 26.4 Å². The summed E-state index contributed by atoms with van der Waals surface area (Å²) in [4.78, 5) is 14.7. The number of carbonyl (C=O) groups is 1. The van der Waals surface area contributed by atoms with Crippen LogP contribution < -0.4 is 5.32 Å². The van der Waals surface area contributed by atoms with E-state index < -0.39 is 45.7 Å². The summed E-state index contributed by atoms with van der Waals surface area (Å²) in [6.45, 7) is 2.22. The van der Waals surface area contributed by atoms with E-state index >= 15 is 0 Å². The Balaban J connectivity index is 1.52. The number of aryl methyl sites for hydroxylation is 1. The molecule has 1 N–H and O–H groups in total. The topological polar surface area (TPSA) is 100 Å². The molecule has 2 fully saturated rings. The zero-order chi connectivity index (χ0) is 25.6. The average Bonchev–Trinajstić information content (AvgIpc) is 3.37. The van der Waals surface area contributed by atoms with Crippen molar-refractivity contribution in [3.05, 3.63) is 40.8 Å². The molecule has 1 aromatic heterocycles. The number of nitrogens with one attached hydrogen (secondary N) is 1. The molecule has 1 aliphatic carbocycles. The lowest BCUT2D eigenvalue weighted by Gasteiger charge is -2.48. The molecule has 1 saturated heterocycles. The molecular weight excluding hydrogens is 509 g/mol. The van der Waals surface area contributed by atoms with E-state index in [0.717, 1.165) is 12.1 Å². The summed E-state index contributed by atoms with van der Waals surface area (Å²) in [5.74, 6) is -4.11. The van der Waals surface area contributed by atoms with Gasteiger partial charge in [0.2, 0.25) is 10.9 Å². The molecule has 2 aliphatic rings. The van der Waals surface area contributed by atoms with Crippen LogP contribution in [0.1, 0.15) is 36.5 Å². The van der Waals surface area contributed by atoms with Gasteiger partial charge in [-0.1, -0.05) is 16.8 Å². The fourth-order valence-electron chi connectivity index (χ4n) is 4.97. The molecule has 35 heavy (non-hydrogen) atoms. The molecule has 0 radical (unpaired) electrons. The molecule has 0 spiro atoms. The van der Waals surface area contributed by atoms with E-state index in [1.54, 1.807) is 14.0 Å². The summed E-state index contributed by atoms with van der Waals surface area (Å²) in [7, 11) is -2.31. The zero-order valence-electron chi connectivity index (χ0n) is 19.2. The molecule has 1 saturated carbocycles. The third-order valence-corrected chi connectivity index (χ3v) is 8.95. The summed E-state index contributed by atoms with van der Waals surface area (Å²) >= 11 is 6.00. The lowest BCUT2D eigenvalue weighted by Crippen LogP contribution is -2.64. The second-order valence-electron chi connectivity index (χ2n) is 9.08. The fourth-order valence-corrected chi connectivity index (χ4v) is 6.56. The summed E-state index contributed by atoms with van der Waals surface area (Å²) < 4.78 is 70.7. The van der Waals surface area contributed by atoms with Crippen LogP contribution in [0, 0.1) is 5.82 Å². The smallest absolute Gasteiger partial charge is 0.264 e. The van der Waals surface area contributed by atoms with Crippen LogP contribution in [0.4, 0.5) is 13.2 Å². The van der Waals surface area contributed by atoms with Gasteiger partial charge in [0.05, 0.1) is 16.8 Å². The number of carbonyl (C=O) groups excluding carboxylic acids is 1. The highest BCUT2D eigenvalue weighted by atomic mass is 35.5. The molecular formula is C21H26ClF3N6O3S. The van der Waals surface area contributed by atoms with Crippen molar-refractivity contribution in [2.24, 2.45) is 7.05 Å². The van der Waals surface area contributed by atoms with Crippen LogP contribution in [0.5, 0.6) is 0 Å². The number of sulfonamides is 1. The molecule has 1 aliphatic heterocycles. The van der Waals surface area contributed by atoms with Crippen molar-refractivity contribution in [3.63, 3.8) is 0 Å². The van der Waals surface area contributed by atoms with Gasteiger partial charge >= 0.3 is 0 Å². The van der Waals surface area contributed by atoms with Crippen molar-refractivity contribution < 1.29 is 26.4 Å². The van der Waals surface area contributed by atoms with Crippen LogP contribution in [0.3, 0.4) is 0 Å². The minimum Gasteiger partial charge on any atom is -0.348 e. The minimum atomic E-state index is -3.87. The Kier molecular flexibility index (Phi) is 6.90. The van der Waals surface area contributed by atoms with Gasteiger partial charge in [0.15, 0.2) is 0 Å². The Morgan fingerprint density at radius 3 is 2.43 bits per heavy atom. The number of halogens is 4. The van der Waals surface area contributed by atoms with Gasteiger partial charge in [-0.25, -0.2) is 21.6 Å². The van der Waals surface area contributed by atoms with Gasteiger partial charge in [0.1, 0.15) is 5.82 Å². The van der Waals surface area contributed by atoms with E-state index in [1.807, 2.05) is 4.90 Å². The summed E-state index contributed by atoms with van der Waals surface area (Å²) in [6, 6.07) is 2.64.